The molecule has 0 radical (unpaired) electrons. The first-order valence-electron chi connectivity index (χ1n) is 7.89. The standard InChI is InChI=1S/C16H24N4O3/c1-19-13-14(4-5-15(19)12-18-22)16(21)17-6-3-7-20(2)8-10-23-11-9-20/h4-5,12-13H,3,6-11H2,1-2H3/p+1/b15-12+. The molecule has 7 nitrogen and oxygen atoms in total. The molecule has 2 heterocycles. The van der Waals surface area contributed by atoms with E-state index >= 15 is 0 Å². The fourth-order valence-corrected chi connectivity index (χ4v) is 2.71. The highest BCUT2D eigenvalue weighted by Gasteiger charge is 2.24. The summed E-state index contributed by atoms with van der Waals surface area (Å²) in [6, 6.07) is 0. The molecule has 0 spiro atoms. The lowest BCUT2D eigenvalue weighted by molar-refractivity contribution is -0.916. The normalized spacial score (nSPS) is 21.9. The van der Waals surface area contributed by atoms with Crippen molar-refractivity contribution >= 4 is 5.91 Å². The van der Waals surface area contributed by atoms with Crippen molar-refractivity contribution in [3.05, 3.63) is 40.7 Å². The first-order chi connectivity index (χ1) is 11.0. The fraction of sp³-hybridized carbons (Fsp3) is 0.562. The summed E-state index contributed by atoms with van der Waals surface area (Å²) in [5.74, 6) is -0.101. The minimum Gasteiger partial charge on any atom is -0.370 e. The molecule has 23 heavy (non-hydrogen) atoms. The number of carbonyl (C=O) groups is 1. The first-order valence-corrected chi connectivity index (χ1v) is 7.89. The lowest BCUT2D eigenvalue weighted by Gasteiger charge is -2.37. The largest absolute Gasteiger partial charge is 0.370 e. The van der Waals surface area contributed by atoms with Crippen LogP contribution in [-0.4, -0.2) is 68.8 Å². The van der Waals surface area contributed by atoms with Crippen molar-refractivity contribution in [2.45, 2.75) is 6.42 Å². The van der Waals surface area contributed by atoms with Crippen LogP contribution in [-0.2, 0) is 9.53 Å². The Hall–Kier alpha value is -1.99. The van der Waals surface area contributed by atoms with Crippen LogP contribution in [0.5, 0.6) is 0 Å². The highest BCUT2D eigenvalue weighted by atomic mass is 16.5. The minimum atomic E-state index is -0.101. The molecule has 0 bridgehead atoms. The van der Waals surface area contributed by atoms with E-state index in [-0.39, 0.29) is 5.91 Å². The number of hydrogen-bond donors (Lipinski definition) is 1. The second kappa shape index (κ2) is 8.03. The van der Waals surface area contributed by atoms with Crippen molar-refractivity contribution in [2.75, 3.05) is 53.5 Å². The summed E-state index contributed by atoms with van der Waals surface area (Å²) in [5, 5.41) is 5.69. The molecule has 0 unspecified atom stereocenters. The zero-order valence-electron chi connectivity index (χ0n) is 13.8. The number of likely N-dealkylation sites (N-methyl/N-ethyl adjacent to an activating group) is 2. The molecule has 1 amide bonds. The molecule has 2 aliphatic rings. The van der Waals surface area contributed by atoms with Gasteiger partial charge in [-0.1, -0.05) is 0 Å². The van der Waals surface area contributed by atoms with Gasteiger partial charge in [0.2, 0.25) is 0 Å². The highest BCUT2D eigenvalue weighted by Crippen LogP contribution is 2.15. The number of nitrogens with zero attached hydrogens (tertiary/aromatic N) is 3. The van der Waals surface area contributed by atoms with Crippen LogP contribution >= 0.6 is 0 Å². The number of ether oxygens (including phenoxy) is 1. The van der Waals surface area contributed by atoms with Gasteiger partial charge in [-0.05, 0) is 17.3 Å². The minimum absolute atomic E-state index is 0.101. The summed E-state index contributed by atoms with van der Waals surface area (Å²) < 4.78 is 6.40. The van der Waals surface area contributed by atoms with E-state index in [1.165, 1.54) is 6.20 Å². The Labute approximate surface area is 136 Å². The van der Waals surface area contributed by atoms with Crippen LogP contribution in [0.3, 0.4) is 0 Å². The predicted octanol–water partition coefficient (Wildman–Crippen LogP) is 0.963. The third-order valence-corrected chi connectivity index (χ3v) is 4.33. The van der Waals surface area contributed by atoms with Gasteiger partial charge in [-0.2, -0.15) is 0 Å². The Morgan fingerprint density at radius 3 is 2.83 bits per heavy atom. The van der Waals surface area contributed by atoms with Crippen molar-refractivity contribution in [1.29, 1.82) is 0 Å². The summed E-state index contributed by atoms with van der Waals surface area (Å²) in [6.45, 7) is 5.40. The quantitative estimate of drug-likeness (QED) is 0.449. The second-order valence-electron chi connectivity index (χ2n) is 6.20. The number of rotatable bonds is 6. The van der Waals surface area contributed by atoms with E-state index in [0.29, 0.717) is 17.8 Å². The zero-order valence-corrected chi connectivity index (χ0v) is 13.8. The van der Waals surface area contributed by atoms with Gasteiger partial charge in [0.25, 0.3) is 5.91 Å². The van der Waals surface area contributed by atoms with E-state index in [0.717, 1.165) is 43.8 Å². The fourth-order valence-electron chi connectivity index (χ4n) is 2.71. The topological polar surface area (TPSA) is 71.0 Å². The van der Waals surface area contributed by atoms with Crippen LogP contribution in [0, 0.1) is 4.91 Å². The molecule has 0 atom stereocenters. The van der Waals surface area contributed by atoms with E-state index in [1.807, 2.05) is 0 Å². The SMILES string of the molecule is CN1C=C(C(=O)NCCC[N+]2(C)CCOCC2)C=C/C1=C\N=O. The van der Waals surface area contributed by atoms with Crippen LogP contribution in [0.2, 0.25) is 0 Å². The predicted molar refractivity (Wildman–Crippen MR) is 88.1 cm³/mol. The molecular formula is C16H25N4O3+. The van der Waals surface area contributed by atoms with E-state index in [1.54, 1.807) is 30.3 Å². The lowest BCUT2D eigenvalue weighted by Crippen LogP contribution is -2.52. The maximum Gasteiger partial charge on any atom is 0.252 e. The molecule has 2 aliphatic heterocycles. The summed E-state index contributed by atoms with van der Waals surface area (Å²) >= 11 is 0. The third kappa shape index (κ3) is 5.01. The first kappa shape index (κ1) is 17.4. The monoisotopic (exact) mass is 321 g/mol. The van der Waals surface area contributed by atoms with E-state index < -0.39 is 0 Å². The van der Waals surface area contributed by atoms with E-state index in [4.69, 9.17) is 4.74 Å². The molecule has 0 aromatic heterocycles. The summed E-state index contributed by atoms with van der Waals surface area (Å²) in [6.07, 6.45) is 7.25. The number of carbonyl (C=O) groups excluding carboxylic acids is 1. The van der Waals surface area contributed by atoms with E-state index in [2.05, 4.69) is 17.5 Å². The van der Waals surface area contributed by atoms with Crippen molar-refractivity contribution in [3.8, 4) is 0 Å². The molecule has 1 saturated heterocycles. The summed E-state index contributed by atoms with van der Waals surface area (Å²) in [7, 11) is 4.01. The highest BCUT2D eigenvalue weighted by molar-refractivity contribution is 5.96. The Bertz CT molecular complexity index is 533. The number of allylic oxidation sites excluding steroid dienone is 1. The zero-order chi connectivity index (χ0) is 16.7. The molecule has 0 saturated carbocycles. The van der Waals surface area contributed by atoms with Crippen LogP contribution < -0.4 is 5.32 Å². The van der Waals surface area contributed by atoms with Crippen molar-refractivity contribution < 1.29 is 14.0 Å². The van der Waals surface area contributed by atoms with Gasteiger partial charge >= 0.3 is 0 Å². The van der Waals surface area contributed by atoms with Gasteiger partial charge in [0.05, 0.1) is 44.3 Å². The number of amides is 1. The van der Waals surface area contributed by atoms with Gasteiger partial charge in [0, 0.05) is 26.2 Å². The number of nitrogens with one attached hydrogen (secondary N) is 1. The molecule has 126 valence electrons. The van der Waals surface area contributed by atoms with E-state index in [9.17, 15) is 9.70 Å². The van der Waals surface area contributed by atoms with Crippen molar-refractivity contribution in [3.63, 3.8) is 0 Å². The smallest absolute Gasteiger partial charge is 0.252 e. The maximum atomic E-state index is 12.2. The Balaban J connectivity index is 1.75. The number of morpholine rings is 1. The maximum absolute atomic E-state index is 12.2. The second-order valence-corrected chi connectivity index (χ2v) is 6.20. The molecule has 7 heteroatoms. The van der Waals surface area contributed by atoms with Gasteiger partial charge in [0.15, 0.2) is 0 Å². The number of hydrogen-bond acceptors (Lipinski definition) is 5. The molecule has 2 rings (SSSR count). The number of quaternary nitrogens is 1. The Morgan fingerprint density at radius 2 is 2.17 bits per heavy atom. The van der Waals surface area contributed by atoms with Gasteiger partial charge in [0.1, 0.15) is 13.1 Å². The molecule has 1 fully saturated rings. The average Bonchev–Trinajstić information content (AvgIpc) is 2.54. The molecule has 1 N–H and O–H groups in total. The molecule has 0 aromatic rings. The van der Waals surface area contributed by atoms with Gasteiger partial charge < -0.3 is 19.4 Å². The summed E-state index contributed by atoms with van der Waals surface area (Å²) in [5.41, 5.74) is 1.23. The van der Waals surface area contributed by atoms with Crippen molar-refractivity contribution in [1.82, 2.24) is 10.2 Å². The van der Waals surface area contributed by atoms with Crippen LogP contribution in [0.25, 0.3) is 0 Å². The van der Waals surface area contributed by atoms with Crippen LogP contribution in [0.1, 0.15) is 6.42 Å². The Kier molecular flexibility index (Phi) is 6.06. The van der Waals surface area contributed by atoms with Gasteiger partial charge in [-0.15, -0.1) is 4.91 Å². The van der Waals surface area contributed by atoms with Crippen LogP contribution in [0.4, 0.5) is 0 Å². The van der Waals surface area contributed by atoms with Crippen molar-refractivity contribution in [2.24, 2.45) is 5.18 Å². The average molecular weight is 321 g/mol. The summed E-state index contributed by atoms with van der Waals surface area (Å²) in [4.78, 5) is 24.1. The molecule has 0 aromatic carbocycles. The van der Waals surface area contributed by atoms with Gasteiger partial charge in [-0.25, -0.2) is 0 Å². The molecule has 0 aliphatic carbocycles. The third-order valence-electron chi connectivity index (χ3n) is 4.33. The Morgan fingerprint density at radius 1 is 1.43 bits per heavy atom. The molecular weight excluding hydrogens is 296 g/mol. The van der Waals surface area contributed by atoms with Crippen LogP contribution in [0.15, 0.2) is 41.0 Å². The lowest BCUT2D eigenvalue weighted by atomic mass is 10.1. The number of nitroso groups, excluding NO2 is 1. The van der Waals surface area contributed by atoms with Gasteiger partial charge in [-0.3, -0.25) is 4.79 Å².